The molecule has 3 aromatic rings. The van der Waals surface area contributed by atoms with E-state index >= 15 is 0 Å². The normalized spacial score (nSPS) is 14.0. The van der Waals surface area contributed by atoms with Gasteiger partial charge in [0.1, 0.15) is 12.4 Å². The molecule has 0 spiro atoms. The number of carbonyl (C=O) groups excluding carboxylic acids is 1. The van der Waals surface area contributed by atoms with Gasteiger partial charge in [-0.1, -0.05) is 0 Å². The monoisotopic (exact) mass is 458 g/mol. The van der Waals surface area contributed by atoms with Crippen LogP contribution in [-0.2, 0) is 27.8 Å². The van der Waals surface area contributed by atoms with E-state index in [1.165, 1.54) is 31.0 Å². The summed E-state index contributed by atoms with van der Waals surface area (Å²) in [7, 11) is -0.585. The van der Waals surface area contributed by atoms with Gasteiger partial charge in [0.05, 0.1) is 4.90 Å². The molecule has 2 aromatic carbocycles. The van der Waals surface area contributed by atoms with Crippen molar-refractivity contribution < 1.29 is 17.6 Å². The molecule has 0 radical (unpaired) electrons. The predicted molar refractivity (Wildman–Crippen MR) is 116 cm³/mol. The Kier molecular flexibility index (Phi) is 5.78. The number of carbonyl (C=O) groups is 1. The third-order valence-corrected chi connectivity index (χ3v) is 7.21. The van der Waals surface area contributed by atoms with Crippen LogP contribution in [0, 0.1) is 12.7 Å². The largest absolute Gasteiger partial charge is 0.310 e. The van der Waals surface area contributed by atoms with Crippen LogP contribution in [-0.4, -0.2) is 59.5 Å². The Labute approximate surface area is 185 Å². The summed E-state index contributed by atoms with van der Waals surface area (Å²) in [6.45, 7) is 2.05. The molecule has 0 fully saturated rings. The molecule has 0 N–H and O–H groups in total. The average molecular weight is 459 g/mol. The number of aryl methyl sites for hydroxylation is 2. The number of sulfonamides is 1. The number of rotatable bonds is 5. The molecule has 9 nitrogen and oxygen atoms in total. The third kappa shape index (κ3) is 4.13. The molecule has 4 rings (SSSR count). The minimum Gasteiger partial charge on any atom is -0.310 e. The lowest BCUT2D eigenvalue weighted by molar-refractivity contribution is -0.119. The summed E-state index contributed by atoms with van der Waals surface area (Å²) in [5.74, 6) is -0.242. The van der Waals surface area contributed by atoms with Crippen LogP contribution in [0.1, 0.15) is 17.5 Å². The summed E-state index contributed by atoms with van der Waals surface area (Å²) in [5, 5.41) is 12.2. The molecule has 0 unspecified atom stereocenters. The van der Waals surface area contributed by atoms with E-state index < -0.39 is 10.0 Å². The molecule has 32 heavy (non-hydrogen) atoms. The molecule has 1 amide bonds. The topological polar surface area (TPSA) is 101 Å². The summed E-state index contributed by atoms with van der Waals surface area (Å²) in [6, 6.07) is 9.34. The van der Waals surface area contributed by atoms with Gasteiger partial charge in [-0.2, -0.15) is 4.80 Å². The standard InChI is InChI=1S/C21H23FN6O3S/c1-14-11-16(6-8-18(14)22)21-23-25-28(24-21)13-20(29)27-10-4-5-15-12-17(7-9-19(15)27)32(30,31)26(2)3/h6-9,11-12H,4-5,10,13H2,1-3H3. The van der Waals surface area contributed by atoms with Gasteiger partial charge in [-0.15, -0.1) is 10.2 Å². The number of anilines is 1. The number of hydrogen-bond donors (Lipinski definition) is 0. The van der Waals surface area contributed by atoms with Gasteiger partial charge in [0.25, 0.3) is 5.91 Å². The second-order valence-electron chi connectivity index (χ2n) is 7.83. The highest BCUT2D eigenvalue weighted by Gasteiger charge is 2.26. The predicted octanol–water partition coefficient (Wildman–Crippen LogP) is 2.02. The fourth-order valence-corrected chi connectivity index (χ4v) is 4.57. The lowest BCUT2D eigenvalue weighted by atomic mass is 10.0. The first-order valence-electron chi connectivity index (χ1n) is 10.1. The maximum Gasteiger partial charge on any atom is 0.250 e. The molecule has 0 bridgehead atoms. The van der Waals surface area contributed by atoms with Crippen molar-refractivity contribution in [2.24, 2.45) is 0 Å². The number of fused-ring (bicyclic) bond motifs is 1. The first kappa shape index (κ1) is 22.0. The Bertz CT molecular complexity index is 1290. The number of hydrogen-bond acceptors (Lipinski definition) is 6. The van der Waals surface area contributed by atoms with E-state index in [0.717, 1.165) is 16.3 Å². The Morgan fingerprint density at radius 1 is 1.19 bits per heavy atom. The highest BCUT2D eigenvalue weighted by atomic mass is 32.2. The zero-order chi connectivity index (χ0) is 23.0. The number of benzene rings is 2. The molecule has 11 heteroatoms. The van der Waals surface area contributed by atoms with E-state index in [9.17, 15) is 17.6 Å². The van der Waals surface area contributed by atoms with Crippen molar-refractivity contribution >= 4 is 21.6 Å². The van der Waals surface area contributed by atoms with Gasteiger partial charge in [-0.05, 0) is 72.5 Å². The molecule has 2 heterocycles. The molecular weight excluding hydrogens is 435 g/mol. The van der Waals surface area contributed by atoms with E-state index in [-0.39, 0.29) is 23.2 Å². The van der Waals surface area contributed by atoms with Crippen molar-refractivity contribution in [3.8, 4) is 11.4 Å². The highest BCUT2D eigenvalue weighted by molar-refractivity contribution is 7.89. The minimum atomic E-state index is -3.55. The molecule has 1 aliphatic rings. The van der Waals surface area contributed by atoms with E-state index in [1.54, 1.807) is 36.1 Å². The summed E-state index contributed by atoms with van der Waals surface area (Å²) in [4.78, 5) is 16.0. The molecule has 0 saturated heterocycles. The van der Waals surface area contributed by atoms with E-state index in [4.69, 9.17) is 0 Å². The zero-order valence-electron chi connectivity index (χ0n) is 18.0. The molecule has 1 aromatic heterocycles. The molecular formula is C21H23FN6O3S. The maximum absolute atomic E-state index is 13.5. The number of halogens is 1. The van der Waals surface area contributed by atoms with Crippen LogP contribution in [0.5, 0.6) is 0 Å². The van der Waals surface area contributed by atoms with Crippen molar-refractivity contribution in [2.75, 3.05) is 25.5 Å². The van der Waals surface area contributed by atoms with Crippen LogP contribution in [0.15, 0.2) is 41.3 Å². The third-order valence-electron chi connectivity index (χ3n) is 5.39. The summed E-state index contributed by atoms with van der Waals surface area (Å²) < 4.78 is 39.5. The summed E-state index contributed by atoms with van der Waals surface area (Å²) in [5.41, 5.74) is 2.58. The fourth-order valence-electron chi connectivity index (χ4n) is 3.62. The van der Waals surface area contributed by atoms with Gasteiger partial charge in [-0.25, -0.2) is 17.1 Å². The Morgan fingerprint density at radius 3 is 2.69 bits per heavy atom. The van der Waals surface area contributed by atoms with Crippen molar-refractivity contribution in [3.63, 3.8) is 0 Å². The number of amides is 1. The van der Waals surface area contributed by atoms with Crippen molar-refractivity contribution in [1.29, 1.82) is 0 Å². The number of nitrogens with zero attached hydrogens (tertiary/aromatic N) is 6. The maximum atomic E-state index is 13.5. The quantitative estimate of drug-likeness (QED) is 0.580. The second-order valence-corrected chi connectivity index (χ2v) is 9.99. The molecule has 168 valence electrons. The Hall–Kier alpha value is -3.18. The smallest absolute Gasteiger partial charge is 0.250 e. The molecule has 1 aliphatic heterocycles. The first-order chi connectivity index (χ1) is 15.2. The van der Waals surface area contributed by atoms with Crippen LogP contribution < -0.4 is 4.90 Å². The zero-order valence-corrected chi connectivity index (χ0v) is 18.8. The van der Waals surface area contributed by atoms with E-state index in [2.05, 4.69) is 15.4 Å². The first-order valence-corrected chi connectivity index (χ1v) is 11.5. The van der Waals surface area contributed by atoms with Crippen molar-refractivity contribution in [3.05, 3.63) is 53.3 Å². The van der Waals surface area contributed by atoms with E-state index in [1.807, 2.05) is 0 Å². The van der Waals surface area contributed by atoms with Crippen LogP contribution in [0.2, 0.25) is 0 Å². The van der Waals surface area contributed by atoms with E-state index in [0.29, 0.717) is 35.6 Å². The van der Waals surface area contributed by atoms with Gasteiger partial charge < -0.3 is 4.90 Å². The van der Waals surface area contributed by atoms with Gasteiger partial charge in [0.15, 0.2) is 0 Å². The Morgan fingerprint density at radius 2 is 1.97 bits per heavy atom. The van der Waals surface area contributed by atoms with Gasteiger partial charge in [-0.3, -0.25) is 4.79 Å². The van der Waals surface area contributed by atoms with Crippen LogP contribution in [0.3, 0.4) is 0 Å². The summed E-state index contributed by atoms with van der Waals surface area (Å²) in [6.07, 6.45) is 1.40. The van der Waals surface area contributed by atoms with Crippen molar-refractivity contribution in [1.82, 2.24) is 24.5 Å². The SMILES string of the molecule is Cc1cc(-c2nnn(CC(=O)N3CCCc4cc(S(=O)(=O)N(C)C)ccc43)n2)ccc1F. The van der Waals surface area contributed by atoms with Gasteiger partial charge >= 0.3 is 0 Å². The lowest BCUT2D eigenvalue weighted by Crippen LogP contribution is -2.38. The number of aromatic nitrogens is 4. The minimum absolute atomic E-state index is 0.121. The average Bonchev–Trinajstić information content (AvgIpc) is 3.23. The van der Waals surface area contributed by atoms with Gasteiger partial charge in [0.2, 0.25) is 15.8 Å². The van der Waals surface area contributed by atoms with Gasteiger partial charge in [0, 0.05) is 31.9 Å². The second kappa shape index (κ2) is 8.40. The fraction of sp³-hybridized carbons (Fsp3) is 0.333. The molecule has 0 aliphatic carbocycles. The number of tetrazole rings is 1. The van der Waals surface area contributed by atoms with Crippen molar-refractivity contribution in [2.45, 2.75) is 31.2 Å². The van der Waals surface area contributed by atoms with Crippen LogP contribution in [0.4, 0.5) is 10.1 Å². The van der Waals surface area contributed by atoms with Crippen LogP contribution >= 0.6 is 0 Å². The molecule has 0 saturated carbocycles. The lowest BCUT2D eigenvalue weighted by Gasteiger charge is -2.29. The Balaban J connectivity index is 1.54. The highest BCUT2D eigenvalue weighted by Crippen LogP contribution is 2.30. The summed E-state index contributed by atoms with van der Waals surface area (Å²) >= 11 is 0. The molecule has 0 atom stereocenters. The van der Waals surface area contributed by atoms with Crippen LogP contribution in [0.25, 0.3) is 11.4 Å².